The van der Waals surface area contributed by atoms with E-state index in [4.69, 9.17) is 5.73 Å². The molecule has 2 saturated heterocycles. The highest BCUT2D eigenvalue weighted by Crippen LogP contribution is 2.43. The molecule has 0 aliphatic carbocycles. The van der Waals surface area contributed by atoms with E-state index in [1.54, 1.807) is 4.90 Å². The Morgan fingerprint density at radius 1 is 1.09 bits per heavy atom. The lowest BCUT2D eigenvalue weighted by Crippen LogP contribution is -2.44. The van der Waals surface area contributed by atoms with E-state index in [1.807, 2.05) is 35.7 Å². The first-order valence-electron chi connectivity index (χ1n) is 8.07. The first-order valence-corrected chi connectivity index (χ1v) is 10.2. The highest BCUT2D eigenvalue weighted by atomic mass is 32.2. The molecule has 1 atom stereocenters. The summed E-state index contributed by atoms with van der Waals surface area (Å²) >= 11 is 3.96. The van der Waals surface area contributed by atoms with Crippen LogP contribution in [0.5, 0.6) is 0 Å². The minimum absolute atomic E-state index is 0.00597. The molecule has 0 radical (unpaired) electrons. The lowest BCUT2D eigenvalue weighted by Gasteiger charge is -2.31. The summed E-state index contributed by atoms with van der Waals surface area (Å²) in [6.45, 7) is 1.16. The smallest absolute Gasteiger partial charge is 0.253 e. The molecule has 1 aromatic rings. The Hall–Kier alpha value is -1.14. The monoisotopic (exact) mass is 350 g/mol. The minimum Gasteiger partial charge on any atom is -0.369 e. The Bertz CT molecular complexity index is 570. The number of hydrogen-bond donors (Lipinski definition) is 1. The minimum atomic E-state index is -0.302. The number of carbonyl (C=O) groups excluding carboxylic acids is 2. The van der Waals surface area contributed by atoms with Crippen molar-refractivity contribution in [2.45, 2.75) is 23.8 Å². The van der Waals surface area contributed by atoms with Crippen LogP contribution in [0, 0.1) is 5.92 Å². The molecule has 2 aliphatic rings. The number of amides is 2. The maximum absolute atomic E-state index is 12.6. The van der Waals surface area contributed by atoms with E-state index in [0.29, 0.717) is 23.2 Å². The molecule has 23 heavy (non-hydrogen) atoms. The van der Waals surface area contributed by atoms with Crippen molar-refractivity contribution in [3.63, 3.8) is 0 Å². The molecule has 2 fully saturated rings. The van der Waals surface area contributed by atoms with Gasteiger partial charge in [-0.3, -0.25) is 9.59 Å². The molecule has 2 amide bonds. The van der Waals surface area contributed by atoms with Gasteiger partial charge in [0.05, 0.1) is 10.5 Å². The molecule has 3 rings (SSSR count). The molecule has 6 heteroatoms. The average molecular weight is 351 g/mol. The predicted octanol–water partition coefficient (Wildman–Crippen LogP) is 2.89. The molecule has 1 aromatic carbocycles. The molecule has 1 unspecified atom stereocenters. The number of nitrogens with two attached hydrogens (primary N) is 1. The number of likely N-dealkylation sites (tertiary alicyclic amines) is 1. The van der Waals surface area contributed by atoms with Crippen molar-refractivity contribution in [2.75, 3.05) is 24.6 Å². The first-order chi connectivity index (χ1) is 11.1. The zero-order valence-corrected chi connectivity index (χ0v) is 14.7. The van der Waals surface area contributed by atoms with E-state index in [0.717, 1.165) is 12.8 Å². The van der Waals surface area contributed by atoms with Crippen LogP contribution in [0.2, 0.25) is 0 Å². The summed E-state index contributed by atoms with van der Waals surface area (Å²) in [4.78, 5) is 25.7. The van der Waals surface area contributed by atoms with Gasteiger partial charge in [-0.2, -0.15) is 0 Å². The summed E-state index contributed by atoms with van der Waals surface area (Å²) in [5.74, 6) is 1.92. The number of benzene rings is 1. The van der Waals surface area contributed by atoms with Gasteiger partial charge in [0.2, 0.25) is 5.91 Å². The average Bonchev–Trinajstić information content (AvgIpc) is 2.62. The van der Waals surface area contributed by atoms with Gasteiger partial charge in [-0.1, -0.05) is 12.1 Å². The summed E-state index contributed by atoms with van der Waals surface area (Å²) < 4.78 is 0.488. The number of primary amides is 1. The van der Waals surface area contributed by atoms with Crippen LogP contribution in [0.25, 0.3) is 0 Å². The fourth-order valence-corrected chi connectivity index (χ4v) is 5.93. The van der Waals surface area contributed by atoms with Crippen molar-refractivity contribution in [3.05, 3.63) is 35.4 Å². The number of carbonyl (C=O) groups is 2. The van der Waals surface area contributed by atoms with Crippen LogP contribution in [-0.4, -0.2) is 41.3 Å². The van der Waals surface area contributed by atoms with Crippen molar-refractivity contribution in [1.29, 1.82) is 0 Å². The van der Waals surface area contributed by atoms with Crippen LogP contribution >= 0.6 is 23.5 Å². The van der Waals surface area contributed by atoms with Gasteiger partial charge in [-0.05, 0) is 48.5 Å². The molecule has 0 spiro atoms. The molecule has 2 heterocycles. The fourth-order valence-electron chi connectivity index (χ4n) is 3.04. The molecular weight excluding hydrogens is 328 g/mol. The van der Waals surface area contributed by atoms with Crippen molar-refractivity contribution < 1.29 is 9.59 Å². The van der Waals surface area contributed by atoms with Gasteiger partial charge in [0.1, 0.15) is 0 Å². The molecule has 2 N–H and O–H groups in total. The van der Waals surface area contributed by atoms with Gasteiger partial charge >= 0.3 is 0 Å². The van der Waals surface area contributed by atoms with Gasteiger partial charge in [0, 0.05) is 18.7 Å². The number of piperidine rings is 1. The topological polar surface area (TPSA) is 63.4 Å². The van der Waals surface area contributed by atoms with Gasteiger partial charge in [0.15, 0.2) is 0 Å². The van der Waals surface area contributed by atoms with Crippen LogP contribution in [0.3, 0.4) is 0 Å². The molecular formula is C17H22N2O2S2. The van der Waals surface area contributed by atoms with Crippen LogP contribution in [0.15, 0.2) is 24.3 Å². The van der Waals surface area contributed by atoms with E-state index >= 15 is 0 Å². The summed E-state index contributed by atoms with van der Waals surface area (Å²) in [5, 5.41) is 0. The van der Waals surface area contributed by atoms with Crippen molar-refractivity contribution in [2.24, 2.45) is 11.7 Å². The van der Waals surface area contributed by atoms with Crippen molar-refractivity contribution >= 4 is 35.3 Å². The maximum atomic E-state index is 12.6. The SMILES string of the molecule is NC(=O)C1CCCN(C(=O)c2ccc(C3SCCCS3)cc2)C1. The lowest BCUT2D eigenvalue weighted by molar-refractivity contribution is -0.123. The molecule has 124 valence electrons. The Kier molecular flexibility index (Phi) is 5.54. The van der Waals surface area contributed by atoms with Crippen LogP contribution < -0.4 is 5.73 Å². The molecule has 0 bridgehead atoms. The first kappa shape index (κ1) is 16.7. The van der Waals surface area contributed by atoms with E-state index in [-0.39, 0.29) is 17.7 Å². The fraction of sp³-hybridized carbons (Fsp3) is 0.529. The maximum Gasteiger partial charge on any atom is 0.253 e. The Morgan fingerprint density at radius 3 is 2.43 bits per heavy atom. The summed E-state index contributed by atoms with van der Waals surface area (Å²) in [6, 6.07) is 7.97. The number of rotatable bonds is 3. The molecule has 2 aliphatic heterocycles. The largest absolute Gasteiger partial charge is 0.369 e. The number of thioether (sulfide) groups is 2. The van der Waals surface area contributed by atoms with Gasteiger partial charge < -0.3 is 10.6 Å². The summed E-state index contributed by atoms with van der Waals surface area (Å²) in [7, 11) is 0. The van der Waals surface area contributed by atoms with E-state index in [9.17, 15) is 9.59 Å². The predicted molar refractivity (Wildman–Crippen MR) is 96.5 cm³/mol. The zero-order valence-electron chi connectivity index (χ0n) is 13.1. The van der Waals surface area contributed by atoms with Gasteiger partial charge in [-0.15, -0.1) is 23.5 Å². The molecule has 4 nitrogen and oxygen atoms in total. The molecule has 0 aromatic heterocycles. The second-order valence-corrected chi connectivity index (χ2v) is 8.77. The highest BCUT2D eigenvalue weighted by molar-refractivity contribution is 8.16. The third kappa shape index (κ3) is 4.04. The highest BCUT2D eigenvalue weighted by Gasteiger charge is 2.27. The van der Waals surface area contributed by atoms with E-state index in [2.05, 4.69) is 12.1 Å². The quantitative estimate of drug-likeness (QED) is 0.910. The van der Waals surface area contributed by atoms with Crippen LogP contribution in [-0.2, 0) is 4.79 Å². The van der Waals surface area contributed by atoms with Gasteiger partial charge in [0.25, 0.3) is 5.91 Å². The third-order valence-electron chi connectivity index (χ3n) is 4.37. The zero-order chi connectivity index (χ0) is 16.2. The van der Waals surface area contributed by atoms with E-state index < -0.39 is 0 Å². The number of hydrogen-bond acceptors (Lipinski definition) is 4. The summed E-state index contributed by atoms with van der Waals surface area (Å²) in [5.41, 5.74) is 7.37. The van der Waals surface area contributed by atoms with Crippen LogP contribution in [0.4, 0.5) is 0 Å². The lowest BCUT2D eigenvalue weighted by atomic mass is 9.97. The Labute approximate surface area is 145 Å². The standard InChI is InChI=1S/C17H22N2O2S2/c18-15(20)14-3-1-8-19(11-14)16(21)12-4-6-13(7-5-12)17-22-9-2-10-23-17/h4-7,14,17H,1-3,8-11H2,(H2,18,20). The second kappa shape index (κ2) is 7.62. The normalized spacial score (nSPS) is 22.8. The van der Waals surface area contributed by atoms with Crippen LogP contribution in [0.1, 0.15) is 39.8 Å². The molecule has 0 saturated carbocycles. The Balaban J connectivity index is 1.66. The van der Waals surface area contributed by atoms with Crippen molar-refractivity contribution in [3.8, 4) is 0 Å². The second-order valence-electron chi connectivity index (χ2n) is 6.04. The summed E-state index contributed by atoms with van der Waals surface area (Å²) in [6.07, 6.45) is 2.90. The van der Waals surface area contributed by atoms with Gasteiger partial charge in [-0.25, -0.2) is 0 Å². The Morgan fingerprint density at radius 2 is 1.78 bits per heavy atom. The third-order valence-corrected chi connectivity index (χ3v) is 7.38. The van der Waals surface area contributed by atoms with E-state index in [1.165, 1.54) is 23.5 Å². The number of nitrogens with zero attached hydrogens (tertiary/aromatic N) is 1. The van der Waals surface area contributed by atoms with Crippen molar-refractivity contribution in [1.82, 2.24) is 4.90 Å².